The summed E-state index contributed by atoms with van der Waals surface area (Å²) in [5.41, 5.74) is 6.31. The number of halogens is 1. The number of ether oxygens (including phenoxy) is 1. The lowest BCUT2D eigenvalue weighted by Gasteiger charge is -2.09. The van der Waals surface area contributed by atoms with Crippen molar-refractivity contribution in [3.8, 4) is 5.75 Å². The molecule has 4 N–H and O–H groups in total. The molecule has 1 aromatic carbocycles. The van der Waals surface area contributed by atoms with Gasteiger partial charge < -0.3 is 21.1 Å². The van der Waals surface area contributed by atoms with Crippen LogP contribution in [-0.2, 0) is 16.1 Å². The van der Waals surface area contributed by atoms with Crippen molar-refractivity contribution < 1.29 is 14.3 Å². The van der Waals surface area contributed by atoms with Crippen molar-refractivity contribution in [2.75, 3.05) is 13.7 Å². The summed E-state index contributed by atoms with van der Waals surface area (Å²) in [6.45, 7) is 1.89. The van der Waals surface area contributed by atoms with Gasteiger partial charge in [-0.3, -0.25) is 9.59 Å². The lowest BCUT2D eigenvalue weighted by atomic mass is 10.2. The molecule has 1 rings (SSSR count). The predicted octanol–water partition coefficient (Wildman–Crippen LogP) is 0.197. The molecule has 0 unspecified atom stereocenters. The smallest absolute Gasteiger partial charge is 0.239 e. The third-order valence-electron chi connectivity index (χ3n) is 2.49. The fourth-order valence-electron chi connectivity index (χ4n) is 1.33. The minimum atomic E-state index is -0.616. The Bertz CT molecular complexity index is 435. The first-order valence-electron chi connectivity index (χ1n) is 5.96. The standard InChI is InChI=1S/C13H19N3O3.ClH/c1-9(14)13(18)16-8-12(17)15-7-10-3-5-11(19-2)6-4-10;/h3-6,9H,7-8,14H2,1-2H3,(H,15,17)(H,16,18);1H/t9-;/m0./s1. The summed E-state index contributed by atoms with van der Waals surface area (Å²) in [7, 11) is 1.60. The molecule has 0 aliphatic heterocycles. The topological polar surface area (TPSA) is 93.5 Å². The zero-order valence-corrected chi connectivity index (χ0v) is 12.3. The van der Waals surface area contributed by atoms with E-state index in [0.717, 1.165) is 11.3 Å². The molecule has 0 aliphatic carbocycles. The Labute approximate surface area is 124 Å². The zero-order valence-electron chi connectivity index (χ0n) is 11.5. The molecule has 1 aromatic rings. The van der Waals surface area contributed by atoms with Gasteiger partial charge in [-0.1, -0.05) is 12.1 Å². The number of carbonyl (C=O) groups is 2. The minimum Gasteiger partial charge on any atom is -0.497 e. The van der Waals surface area contributed by atoms with E-state index in [9.17, 15) is 9.59 Å². The average molecular weight is 302 g/mol. The van der Waals surface area contributed by atoms with Crippen LogP contribution in [0, 0.1) is 0 Å². The van der Waals surface area contributed by atoms with Crippen molar-refractivity contribution in [1.29, 1.82) is 0 Å². The fourth-order valence-corrected chi connectivity index (χ4v) is 1.33. The number of nitrogens with one attached hydrogen (secondary N) is 2. The summed E-state index contributed by atoms with van der Waals surface area (Å²) >= 11 is 0. The Balaban J connectivity index is 0.00000361. The number of hydrogen-bond acceptors (Lipinski definition) is 4. The monoisotopic (exact) mass is 301 g/mol. The van der Waals surface area contributed by atoms with Crippen LogP contribution in [0.3, 0.4) is 0 Å². The molecule has 6 nitrogen and oxygen atoms in total. The summed E-state index contributed by atoms with van der Waals surface area (Å²) in [6, 6.07) is 6.74. The van der Waals surface area contributed by atoms with Gasteiger partial charge >= 0.3 is 0 Å². The molecule has 0 aromatic heterocycles. The van der Waals surface area contributed by atoms with E-state index in [1.807, 2.05) is 24.3 Å². The molecule has 112 valence electrons. The van der Waals surface area contributed by atoms with Gasteiger partial charge in [0.05, 0.1) is 19.7 Å². The van der Waals surface area contributed by atoms with Crippen LogP contribution in [0.15, 0.2) is 24.3 Å². The van der Waals surface area contributed by atoms with E-state index < -0.39 is 6.04 Å². The van der Waals surface area contributed by atoms with E-state index in [-0.39, 0.29) is 30.8 Å². The highest BCUT2D eigenvalue weighted by Gasteiger charge is 2.08. The Kier molecular flexibility index (Phi) is 8.35. The molecule has 0 saturated heterocycles. The van der Waals surface area contributed by atoms with Crippen molar-refractivity contribution in [1.82, 2.24) is 10.6 Å². The SMILES string of the molecule is COc1ccc(CNC(=O)CNC(=O)[C@H](C)N)cc1.Cl. The van der Waals surface area contributed by atoms with Crippen LogP contribution in [-0.4, -0.2) is 31.5 Å². The van der Waals surface area contributed by atoms with Crippen LogP contribution < -0.4 is 21.1 Å². The van der Waals surface area contributed by atoms with Crippen molar-refractivity contribution in [2.45, 2.75) is 19.5 Å². The first-order chi connectivity index (χ1) is 9.02. The quantitative estimate of drug-likeness (QED) is 0.699. The fraction of sp³-hybridized carbons (Fsp3) is 0.385. The molecule has 0 heterocycles. The average Bonchev–Trinajstić information content (AvgIpc) is 2.42. The van der Waals surface area contributed by atoms with Crippen LogP contribution in [0.2, 0.25) is 0 Å². The zero-order chi connectivity index (χ0) is 14.3. The maximum atomic E-state index is 11.5. The summed E-state index contributed by atoms with van der Waals surface area (Å²) in [6.07, 6.45) is 0. The highest BCUT2D eigenvalue weighted by atomic mass is 35.5. The number of hydrogen-bond donors (Lipinski definition) is 3. The molecular formula is C13H20ClN3O3. The van der Waals surface area contributed by atoms with Gasteiger partial charge in [-0.05, 0) is 24.6 Å². The minimum absolute atomic E-state index is 0. The van der Waals surface area contributed by atoms with Crippen LogP contribution in [0.1, 0.15) is 12.5 Å². The third kappa shape index (κ3) is 6.40. The largest absolute Gasteiger partial charge is 0.497 e. The summed E-state index contributed by atoms with van der Waals surface area (Å²) in [5.74, 6) is 0.156. The van der Waals surface area contributed by atoms with Crippen LogP contribution >= 0.6 is 12.4 Å². The molecule has 0 spiro atoms. The van der Waals surface area contributed by atoms with Crippen LogP contribution in [0.25, 0.3) is 0 Å². The van der Waals surface area contributed by atoms with E-state index in [2.05, 4.69) is 10.6 Å². The van der Waals surface area contributed by atoms with Crippen LogP contribution in [0.4, 0.5) is 0 Å². The van der Waals surface area contributed by atoms with Crippen molar-refractivity contribution in [3.05, 3.63) is 29.8 Å². The van der Waals surface area contributed by atoms with E-state index in [1.165, 1.54) is 0 Å². The van der Waals surface area contributed by atoms with Gasteiger partial charge in [-0.25, -0.2) is 0 Å². The second kappa shape index (κ2) is 9.17. The Morgan fingerprint density at radius 2 is 1.85 bits per heavy atom. The van der Waals surface area contributed by atoms with Gasteiger partial charge in [0.25, 0.3) is 0 Å². The van der Waals surface area contributed by atoms with E-state index in [1.54, 1.807) is 14.0 Å². The molecule has 0 saturated carbocycles. The summed E-state index contributed by atoms with van der Waals surface area (Å²) in [5, 5.41) is 5.14. The van der Waals surface area contributed by atoms with E-state index >= 15 is 0 Å². The predicted molar refractivity (Wildman–Crippen MR) is 78.7 cm³/mol. The molecule has 0 radical (unpaired) electrons. The van der Waals surface area contributed by atoms with Gasteiger partial charge in [-0.2, -0.15) is 0 Å². The van der Waals surface area contributed by atoms with E-state index in [4.69, 9.17) is 10.5 Å². The number of amides is 2. The summed E-state index contributed by atoms with van der Waals surface area (Å²) < 4.78 is 5.04. The van der Waals surface area contributed by atoms with Gasteiger partial charge in [0, 0.05) is 6.54 Å². The molecule has 0 fully saturated rings. The molecule has 7 heteroatoms. The molecule has 0 bridgehead atoms. The molecule has 2 amide bonds. The summed E-state index contributed by atoms with van der Waals surface area (Å²) in [4.78, 5) is 22.6. The number of methoxy groups -OCH3 is 1. The Hall–Kier alpha value is -1.79. The van der Waals surface area contributed by atoms with Gasteiger partial charge in [0.2, 0.25) is 11.8 Å². The third-order valence-corrected chi connectivity index (χ3v) is 2.49. The number of benzene rings is 1. The Morgan fingerprint density at radius 3 is 2.35 bits per heavy atom. The molecular weight excluding hydrogens is 282 g/mol. The van der Waals surface area contributed by atoms with Crippen molar-refractivity contribution in [3.63, 3.8) is 0 Å². The maximum Gasteiger partial charge on any atom is 0.239 e. The van der Waals surface area contributed by atoms with E-state index in [0.29, 0.717) is 6.54 Å². The molecule has 0 aliphatic rings. The van der Waals surface area contributed by atoms with Crippen molar-refractivity contribution in [2.24, 2.45) is 5.73 Å². The number of carbonyl (C=O) groups excluding carboxylic acids is 2. The first kappa shape index (κ1) is 18.2. The van der Waals surface area contributed by atoms with Gasteiger partial charge in [-0.15, -0.1) is 12.4 Å². The van der Waals surface area contributed by atoms with Crippen LogP contribution in [0.5, 0.6) is 5.75 Å². The highest BCUT2D eigenvalue weighted by Crippen LogP contribution is 2.10. The van der Waals surface area contributed by atoms with Gasteiger partial charge in [0.1, 0.15) is 5.75 Å². The lowest BCUT2D eigenvalue weighted by molar-refractivity contribution is -0.126. The Morgan fingerprint density at radius 1 is 1.25 bits per heavy atom. The first-order valence-corrected chi connectivity index (χ1v) is 5.96. The normalized spacial score (nSPS) is 10.9. The molecule has 1 atom stereocenters. The number of nitrogens with two attached hydrogens (primary N) is 1. The number of rotatable bonds is 6. The lowest BCUT2D eigenvalue weighted by Crippen LogP contribution is -2.43. The maximum absolute atomic E-state index is 11.5. The second-order valence-electron chi connectivity index (χ2n) is 4.13. The second-order valence-corrected chi connectivity index (χ2v) is 4.13. The molecule has 20 heavy (non-hydrogen) atoms. The van der Waals surface area contributed by atoms with Crippen molar-refractivity contribution >= 4 is 24.2 Å². The highest BCUT2D eigenvalue weighted by molar-refractivity contribution is 5.87. The van der Waals surface area contributed by atoms with Gasteiger partial charge in [0.15, 0.2) is 0 Å².